The number of rotatable bonds is 8. The standard InChI is InChI=1S/C9H21NO2S/c1-9(5-8-13(2)12)10-6-3-4-7-11/h9-11H,3-8H2,1-2H3. The second-order valence-corrected chi connectivity index (χ2v) is 4.91. The normalized spacial score (nSPS) is 15.6. The van der Waals surface area contributed by atoms with Gasteiger partial charge in [0.25, 0.3) is 0 Å². The van der Waals surface area contributed by atoms with Gasteiger partial charge in [-0.25, -0.2) is 0 Å². The van der Waals surface area contributed by atoms with E-state index in [0.717, 1.165) is 31.6 Å². The van der Waals surface area contributed by atoms with Gasteiger partial charge in [-0.1, -0.05) is 0 Å². The Morgan fingerprint density at radius 3 is 2.69 bits per heavy atom. The summed E-state index contributed by atoms with van der Waals surface area (Å²) in [5.74, 6) is 0.772. The number of unbranched alkanes of at least 4 members (excludes halogenated alkanes) is 1. The lowest BCUT2D eigenvalue weighted by Gasteiger charge is -2.12. The van der Waals surface area contributed by atoms with Crippen LogP contribution in [0.1, 0.15) is 26.2 Å². The predicted octanol–water partition coefficient (Wildman–Crippen LogP) is 0.506. The van der Waals surface area contributed by atoms with Crippen LogP contribution in [0.3, 0.4) is 0 Å². The Bertz CT molecular complexity index is 142. The molecule has 0 aliphatic carbocycles. The molecule has 0 saturated carbocycles. The lowest BCUT2D eigenvalue weighted by atomic mass is 10.2. The van der Waals surface area contributed by atoms with E-state index in [1.165, 1.54) is 0 Å². The highest BCUT2D eigenvalue weighted by molar-refractivity contribution is 7.84. The first-order valence-corrected chi connectivity index (χ1v) is 6.53. The predicted molar refractivity (Wildman–Crippen MR) is 57.3 cm³/mol. The Kier molecular flexibility index (Phi) is 8.71. The monoisotopic (exact) mass is 207 g/mol. The highest BCUT2D eigenvalue weighted by Crippen LogP contribution is 1.93. The van der Waals surface area contributed by atoms with Crippen LogP contribution in [0.15, 0.2) is 0 Å². The van der Waals surface area contributed by atoms with E-state index in [-0.39, 0.29) is 6.61 Å². The second-order valence-electron chi connectivity index (χ2n) is 3.35. The summed E-state index contributed by atoms with van der Waals surface area (Å²) >= 11 is 0. The van der Waals surface area contributed by atoms with Crippen molar-refractivity contribution in [2.75, 3.05) is 25.2 Å². The number of hydrogen-bond acceptors (Lipinski definition) is 3. The van der Waals surface area contributed by atoms with Crippen LogP contribution in [0, 0.1) is 0 Å². The number of aliphatic hydroxyl groups excluding tert-OH is 1. The molecular formula is C9H21NO2S. The third kappa shape index (κ3) is 9.99. The first-order chi connectivity index (χ1) is 6.16. The van der Waals surface area contributed by atoms with E-state index in [0.29, 0.717) is 6.04 Å². The molecule has 0 bridgehead atoms. The fraction of sp³-hybridized carbons (Fsp3) is 1.00. The minimum atomic E-state index is -0.675. The fourth-order valence-corrected chi connectivity index (χ4v) is 1.72. The summed E-state index contributed by atoms with van der Waals surface area (Å²) in [4.78, 5) is 0. The van der Waals surface area contributed by atoms with Gasteiger partial charge in [0, 0.05) is 35.5 Å². The van der Waals surface area contributed by atoms with Gasteiger partial charge in [0.05, 0.1) is 0 Å². The minimum Gasteiger partial charge on any atom is -0.396 e. The summed E-state index contributed by atoms with van der Waals surface area (Å²) in [5.41, 5.74) is 0. The molecule has 0 aromatic carbocycles. The molecule has 0 aliphatic heterocycles. The molecule has 0 saturated heterocycles. The molecule has 0 aromatic heterocycles. The van der Waals surface area contributed by atoms with Gasteiger partial charge in [-0.2, -0.15) is 0 Å². The van der Waals surface area contributed by atoms with Gasteiger partial charge in [0.2, 0.25) is 0 Å². The molecule has 3 nitrogen and oxygen atoms in total. The third-order valence-electron chi connectivity index (χ3n) is 1.92. The number of aliphatic hydroxyl groups is 1. The molecule has 80 valence electrons. The SMILES string of the molecule is CC(CCS(C)=O)NCCCCO. The maximum atomic E-state index is 10.8. The van der Waals surface area contributed by atoms with Gasteiger partial charge < -0.3 is 10.4 Å². The average molecular weight is 207 g/mol. The Morgan fingerprint density at radius 1 is 1.46 bits per heavy atom. The molecule has 0 radical (unpaired) electrons. The quantitative estimate of drug-likeness (QED) is 0.570. The summed E-state index contributed by atoms with van der Waals surface area (Å²) in [6, 6.07) is 0.433. The van der Waals surface area contributed by atoms with E-state index in [4.69, 9.17) is 5.11 Å². The van der Waals surface area contributed by atoms with Crippen LogP contribution in [0.5, 0.6) is 0 Å². The van der Waals surface area contributed by atoms with E-state index in [1.807, 2.05) is 0 Å². The maximum Gasteiger partial charge on any atom is 0.0431 e. The Labute approximate surface area is 83.4 Å². The van der Waals surface area contributed by atoms with Crippen molar-refractivity contribution in [3.63, 3.8) is 0 Å². The van der Waals surface area contributed by atoms with Crippen molar-refractivity contribution in [2.45, 2.75) is 32.2 Å². The van der Waals surface area contributed by atoms with Crippen molar-refractivity contribution in [1.82, 2.24) is 5.32 Å². The highest BCUT2D eigenvalue weighted by atomic mass is 32.2. The topological polar surface area (TPSA) is 49.3 Å². The Morgan fingerprint density at radius 2 is 2.15 bits per heavy atom. The van der Waals surface area contributed by atoms with E-state index in [9.17, 15) is 4.21 Å². The summed E-state index contributed by atoms with van der Waals surface area (Å²) in [6.07, 6.45) is 4.57. The van der Waals surface area contributed by atoms with E-state index in [1.54, 1.807) is 6.26 Å². The summed E-state index contributed by atoms with van der Waals surface area (Å²) in [7, 11) is -0.675. The highest BCUT2D eigenvalue weighted by Gasteiger charge is 2.01. The van der Waals surface area contributed by atoms with E-state index >= 15 is 0 Å². The largest absolute Gasteiger partial charge is 0.396 e. The van der Waals surface area contributed by atoms with Gasteiger partial charge in [0.15, 0.2) is 0 Å². The van der Waals surface area contributed by atoms with Crippen LogP contribution in [-0.2, 0) is 10.8 Å². The molecule has 2 atom stereocenters. The third-order valence-corrected chi connectivity index (χ3v) is 2.73. The summed E-state index contributed by atoms with van der Waals surface area (Å²) in [6.45, 7) is 3.32. The first-order valence-electron chi connectivity index (χ1n) is 4.81. The zero-order chi connectivity index (χ0) is 10.1. The zero-order valence-electron chi connectivity index (χ0n) is 8.58. The molecule has 2 N–H and O–H groups in total. The Balaban J connectivity index is 3.19. The van der Waals surface area contributed by atoms with E-state index < -0.39 is 10.8 Å². The maximum absolute atomic E-state index is 10.8. The van der Waals surface area contributed by atoms with Gasteiger partial charge in [-0.15, -0.1) is 0 Å². The summed E-state index contributed by atoms with van der Waals surface area (Å²) < 4.78 is 10.8. The molecule has 2 unspecified atom stereocenters. The van der Waals surface area contributed by atoms with Crippen LogP contribution in [0.4, 0.5) is 0 Å². The zero-order valence-corrected chi connectivity index (χ0v) is 9.40. The van der Waals surface area contributed by atoms with E-state index in [2.05, 4.69) is 12.2 Å². The van der Waals surface area contributed by atoms with Gasteiger partial charge in [-0.05, 0) is 32.7 Å². The molecule has 0 aromatic rings. The van der Waals surface area contributed by atoms with Gasteiger partial charge in [-0.3, -0.25) is 4.21 Å². The van der Waals surface area contributed by atoms with Crippen molar-refractivity contribution >= 4 is 10.8 Å². The van der Waals surface area contributed by atoms with Crippen molar-refractivity contribution in [3.05, 3.63) is 0 Å². The molecule has 0 aliphatic rings. The molecule has 0 rings (SSSR count). The molecule has 0 amide bonds. The molecule has 4 heteroatoms. The van der Waals surface area contributed by atoms with Crippen LogP contribution in [-0.4, -0.2) is 40.5 Å². The molecule has 0 heterocycles. The molecular weight excluding hydrogens is 186 g/mol. The van der Waals surface area contributed by atoms with Crippen LogP contribution >= 0.6 is 0 Å². The van der Waals surface area contributed by atoms with Crippen LogP contribution in [0.25, 0.3) is 0 Å². The van der Waals surface area contributed by atoms with Gasteiger partial charge >= 0.3 is 0 Å². The van der Waals surface area contributed by atoms with Gasteiger partial charge in [0.1, 0.15) is 0 Å². The first kappa shape index (κ1) is 13.1. The van der Waals surface area contributed by atoms with Crippen molar-refractivity contribution in [3.8, 4) is 0 Å². The van der Waals surface area contributed by atoms with Crippen LogP contribution in [0.2, 0.25) is 0 Å². The fourth-order valence-electron chi connectivity index (χ4n) is 1.03. The molecule has 0 spiro atoms. The average Bonchev–Trinajstić information content (AvgIpc) is 2.09. The number of hydrogen-bond donors (Lipinski definition) is 2. The summed E-state index contributed by atoms with van der Waals surface area (Å²) in [5, 5.41) is 11.9. The second kappa shape index (κ2) is 8.66. The smallest absolute Gasteiger partial charge is 0.0431 e. The molecule has 0 fully saturated rings. The van der Waals surface area contributed by atoms with Crippen LogP contribution < -0.4 is 5.32 Å². The molecule has 13 heavy (non-hydrogen) atoms. The van der Waals surface area contributed by atoms with Crippen molar-refractivity contribution < 1.29 is 9.32 Å². The lowest BCUT2D eigenvalue weighted by Crippen LogP contribution is -2.28. The minimum absolute atomic E-state index is 0.273. The van der Waals surface area contributed by atoms with Crippen molar-refractivity contribution in [1.29, 1.82) is 0 Å². The van der Waals surface area contributed by atoms with Crippen molar-refractivity contribution in [2.24, 2.45) is 0 Å². The number of nitrogens with one attached hydrogen (secondary N) is 1. The lowest BCUT2D eigenvalue weighted by molar-refractivity contribution is 0.282. The Hall–Kier alpha value is 0.0700.